The van der Waals surface area contributed by atoms with Crippen molar-refractivity contribution < 1.29 is 18.7 Å². The minimum atomic E-state index is -2.14. The number of hydrogen-bond donors (Lipinski definition) is 2. The van der Waals surface area contributed by atoms with Crippen LogP contribution in [0.1, 0.15) is 9.67 Å². The Balaban J connectivity index is 3.17. The van der Waals surface area contributed by atoms with Crippen molar-refractivity contribution in [2.24, 2.45) is 0 Å². The van der Waals surface area contributed by atoms with Gasteiger partial charge in [0.25, 0.3) is 0 Å². The van der Waals surface area contributed by atoms with E-state index in [2.05, 4.69) is 15.9 Å². The largest absolute Gasteiger partial charge is 0.477 e. The SMILES string of the molecule is O=C(O)c1cc(S(=O)O)c(Br)s1. The second kappa shape index (κ2) is 3.65. The molecule has 2 N–H and O–H groups in total. The quantitative estimate of drug-likeness (QED) is 0.804. The van der Waals surface area contributed by atoms with Gasteiger partial charge in [-0.15, -0.1) is 11.3 Å². The number of rotatable bonds is 2. The van der Waals surface area contributed by atoms with Crippen LogP contribution in [0.3, 0.4) is 0 Å². The number of carboxylic acids is 1. The minimum Gasteiger partial charge on any atom is -0.477 e. The first-order valence-electron chi connectivity index (χ1n) is 2.66. The lowest BCUT2D eigenvalue weighted by Crippen LogP contribution is -1.91. The highest BCUT2D eigenvalue weighted by Crippen LogP contribution is 2.29. The molecular weight excluding hydrogens is 268 g/mol. The molecule has 0 saturated heterocycles. The zero-order chi connectivity index (χ0) is 9.30. The number of carbonyl (C=O) groups is 1. The number of carboxylic acid groups (broad SMARTS) is 1. The van der Waals surface area contributed by atoms with E-state index < -0.39 is 17.0 Å². The van der Waals surface area contributed by atoms with Crippen molar-refractivity contribution in [3.8, 4) is 0 Å². The maximum absolute atomic E-state index is 10.6. The second-order valence-electron chi connectivity index (χ2n) is 1.80. The van der Waals surface area contributed by atoms with Crippen LogP contribution in [0.2, 0.25) is 0 Å². The van der Waals surface area contributed by atoms with Crippen LogP contribution in [-0.2, 0) is 11.1 Å². The van der Waals surface area contributed by atoms with Gasteiger partial charge in [-0.3, -0.25) is 0 Å². The van der Waals surface area contributed by atoms with E-state index in [0.29, 0.717) is 3.79 Å². The summed E-state index contributed by atoms with van der Waals surface area (Å²) in [5, 5.41) is 8.51. The number of hydrogen-bond acceptors (Lipinski definition) is 3. The molecule has 0 aliphatic rings. The first-order chi connectivity index (χ1) is 5.52. The molecule has 0 aliphatic heterocycles. The number of halogens is 1. The molecule has 1 rings (SSSR count). The Bertz CT molecular complexity index is 345. The van der Waals surface area contributed by atoms with Crippen molar-refractivity contribution in [2.75, 3.05) is 0 Å². The molecule has 1 heterocycles. The molecule has 1 atom stereocenters. The maximum Gasteiger partial charge on any atom is 0.345 e. The van der Waals surface area contributed by atoms with E-state index in [1.165, 1.54) is 6.07 Å². The van der Waals surface area contributed by atoms with Crippen molar-refractivity contribution >= 4 is 44.3 Å². The van der Waals surface area contributed by atoms with Gasteiger partial charge in [-0.2, -0.15) is 0 Å². The number of thiophene rings is 1. The average molecular weight is 271 g/mol. The average Bonchev–Trinajstić information content (AvgIpc) is 2.30. The lowest BCUT2D eigenvalue weighted by atomic mass is 10.5. The molecule has 0 radical (unpaired) electrons. The highest BCUT2D eigenvalue weighted by molar-refractivity contribution is 9.11. The summed E-state index contributed by atoms with van der Waals surface area (Å²) in [7, 11) is 0. The lowest BCUT2D eigenvalue weighted by Gasteiger charge is -1.85. The minimum absolute atomic E-state index is 0.0410. The van der Waals surface area contributed by atoms with E-state index in [4.69, 9.17) is 9.66 Å². The Morgan fingerprint density at radius 2 is 2.25 bits per heavy atom. The Labute approximate surface area is 82.6 Å². The molecular formula is C5H3BrO4S2. The van der Waals surface area contributed by atoms with E-state index in [0.717, 1.165) is 11.3 Å². The van der Waals surface area contributed by atoms with Gasteiger partial charge in [-0.05, 0) is 22.0 Å². The molecule has 0 fully saturated rings. The van der Waals surface area contributed by atoms with Gasteiger partial charge in [0, 0.05) is 0 Å². The van der Waals surface area contributed by atoms with E-state index in [9.17, 15) is 9.00 Å². The van der Waals surface area contributed by atoms with Crippen molar-refractivity contribution in [1.29, 1.82) is 0 Å². The highest BCUT2D eigenvalue weighted by atomic mass is 79.9. The molecule has 0 spiro atoms. The van der Waals surface area contributed by atoms with E-state index >= 15 is 0 Å². The monoisotopic (exact) mass is 270 g/mol. The van der Waals surface area contributed by atoms with Gasteiger partial charge < -0.3 is 9.66 Å². The molecule has 0 bridgehead atoms. The van der Waals surface area contributed by atoms with Crippen molar-refractivity contribution in [1.82, 2.24) is 0 Å². The Kier molecular flexibility index (Phi) is 2.99. The van der Waals surface area contributed by atoms with Gasteiger partial charge in [0.1, 0.15) is 4.88 Å². The van der Waals surface area contributed by atoms with Crippen molar-refractivity contribution in [2.45, 2.75) is 4.90 Å². The van der Waals surface area contributed by atoms with Crippen molar-refractivity contribution in [3.05, 3.63) is 14.7 Å². The molecule has 0 saturated carbocycles. The zero-order valence-electron chi connectivity index (χ0n) is 5.48. The molecule has 0 aliphatic carbocycles. The summed E-state index contributed by atoms with van der Waals surface area (Å²) >= 11 is 1.77. The van der Waals surface area contributed by atoms with E-state index in [-0.39, 0.29) is 9.77 Å². The molecule has 1 unspecified atom stereocenters. The van der Waals surface area contributed by atoms with E-state index in [1.54, 1.807) is 0 Å². The molecule has 0 amide bonds. The fourth-order valence-electron chi connectivity index (χ4n) is 0.577. The van der Waals surface area contributed by atoms with Crippen molar-refractivity contribution in [3.63, 3.8) is 0 Å². The third-order valence-corrected chi connectivity index (χ3v) is 3.97. The predicted molar refractivity (Wildman–Crippen MR) is 48.0 cm³/mol. The van der Waals surface area contributed by atoms with E-state index in [1.807, 2.05) is 0 Å². The standard InChI is InChI=1S/C5H3BrO4S2/c6-4-3(12(9)10)1-2(11-4)5(7)8/h1H,(H,7,8)(H,9,10). The van der Waals surface area contributed by atoms with Crippen LogP contribution in [0.5, 0.6) is 0 Å². The summed E-state index contributed by atoms with van der Waals surface area (Å²) in [5.41, 5.74) is 0. The summed E-state index contributed by atoms with van der Waals surface area (Å²) in [6, 6.07) is 1.17. The summed E-state index contributed by atoms with van der Waals surface area (Å²) in [6.07, 6.45) is 0. The smallest absolute Gasteiger partial charge is 0.345 e. The first kappa shape index (κ1) is 9.85. The first-order valence-corrected chi connectivity index (χ1v) is 5.37. The van der Waals surface area contributed by atoms with Gasteiger partial charge in [-0.1, -0.05) is 0 Å². The van der Waals surface area contributed by atoms with Crippen LogP contribution in [0.15, 0.2) is 14.7 Å². The summed E-state index contributed by atoms with van der Waals surface area (Å²) in [5.74, 6) is -1.10. The summed E-state index contributed by atoms with van der Waals surface area (Å²) < 4.78 is 19.6. The topological polar surface area (TPSA) is 74.6 Å². The fourth-order valence-corrected chi connectivity index (χ4v) is 3.02. The molecule has 1 aromatic rings. The van der Waals surface area contributed by atoms with Crippen LogP contribution in [-0.4, -0.2) is 19.8 Å². The molecule has 12 heavy (non-hydrogen) atoms. The zero-order valence-corrected chi connectivity index (χ0v) is 8.70. The van der Waals surface area contributed by atoms with Gasteiger partial charge >= 0.3 is 5.97 Å². The summed E-state index contributed by atoms with van der Waals surface area (Å²) in [6.45, 7) is 0. The molecule has 1 aromatic heterocycles. The van der Waals surface area contributed by atoms with Gasteiger partial charge in [0.05, 0.1) is 8.68 Å². The molecule has 7 heteroatoms. The van der Waals surface area contributed by atoms with Gasteiger partial charge in [0.15, 0.2) is 11.1 Å². The second-order valence-corrected chi connectivity index (χ2v) is 5.11. The van der Waals surface area contributed by atoms with Crippen LogP contribution < -0.4 is 0 Å². The fraction of sp³-hybridized carbons (Fsp3) is 0. The third-order valence-electron chi connectivity index (χ3n) is 1.05. The summed E-state index contributed by atoms with van der Waals surface area (Å²) in [4.78, 5) is 10.5. The Morgan fingerprint density at radius 3 is 2.50 bits per heavy atom. The van der Waals surface area contributed by atoms with Crippen LogP contribution in [0.4, 0.5) is 0 Å². The normalized spacial score (nSPS) is 12.8. The highest BCUT2D eigenvalue weighted by Gasteiger charge is 2.15. The predicted octanol–water partition coefficient (Wildman–Crippen LogP) is 1.79. The number of aromatic carboxylic acids is 1. The van der Waals surface area contributed by atoms with Crippen LogP contribution in [0.25, 0.3) is 0 Å². The van der Waals surface area contributed by atoms with Crippen LogP contribution >= 0.6 is 27.3 Å². The Morgan fingerprint density at radius 1 is 1.67 bits per heavy atom. The molecule has 0 aromatic carbocycles. The van der Waals surface area contributed by atoms with Gasteiger partial charge in [0.2, 0.25) is 0 Å². The maximum atomic E-state index is 10.6. The van der Waals surface area contributed by atoms with Crippen LogP contribution in [0, 0.1) is 0 Å². The molecule has 66 valence electrons. The molecule has 4 nitrogen and oxygen atoms in total. The third kappa shape index (κ3) is 1.92. The Hall–Kier alpha value is -0.240. The van der Waals surface area contributed by atoms with Gasteiger partial charge in [-0.25, -0.2) is 9.00 Å². The lowest BCUT2D eigenvalue weighted by molar-refractivity contribution is 0.0702.